The maximum Gasteiger partial charge on any atom is 0.0919 e. The summed E-state index contributed by atoms with van der Waals surface area (Å²) in [6, 6.07) is 0. The van der Waals surface area contributed by atoms with Gasteiger partial charge in [0.25, 0.3) is 0 Å². The molecule has 5 nitrogen and oxygen atoms in total. The lowest BCUT2D eigenvalue weighted by molar-refractivity contribution is 1.31. The molecule has 42 valence electrons. The minimum Gasteiger partial charge on any atom is -0.373 e. The number of H-pyrrole nitrogens is 1. The smallest absolute Gasteiger partial charge is 0.0919 e. The Morgan fingerprint density at radius 2 is 2.12 bits per heavy atom. The van der Waals surface area contributed by atoms with Gasteiger partial charge < -0.3 is 16.0 Å². The van der Waals surface area contributed by atoms with Gasteiger partial charge in [-0.3, -0.25) is 4.91 Å². The molecule has 0 spiro atoms. The zero-order valence-electron chi connectivity index (χ0n) is 4.02. The molecule has 1 aromatic rings. The van der Waals surface area contributed by atoms with E-state index in [0.29, 0.717) is 0 Å². The third-order valence-corrected chi connectivity index (χ3v) is 0.406. The fourth-order valence-corrected chi connectivity index (χ4v) is 0.215. The van der Waals surface area contributed by atoms with Crippen molar-refractivity contribution in [2.24, 2.45) is 0 Å². The summed E-state index contributed by atoms with van der Waals surface area (Å²) in [7, 11) is 0. The van der Waals surface area contributed by atoms with Crippen molar-refractivity contribution in [2.45, 2.75) is 0 Å². The van der Waals surface area contributed by atoms with Gasteiger partial charge in [0.05, 0.1) is 6.33 Å². The normalized spacial score (nSPS) is 6.00. The molecule has 5 heteroatoms. The molecule has 0 amide bonds. The SMILES string of the molecule is [N-]=[N+]=[N-].c1c[nH]cn1. The first-order valence-corrected chi connectivity index (χ1v) is 1.83. The van der Waals surface area contributed by atoms with Crippen LogP contribution in [0.1, 0.15) is 0 Å². The average Bonchev–Trinajstić information content (AvgIpc) is 2.17. The second kappa shape index (κ2) is 5.52. The monoisotopic (exact) mass is 110 g/mol. The second-order valence-electron chi connectivity index (χ2n) is 0.850. The predicted octanol–water partition coefficient (Wildman–Crippen LogP) is 1.28. The van der Waals surface area contributed by atoms with Gasteiger partial charge in [-0.2, -0.15) is 0 Å². The van der Waals surface area contributed by atoms with E-state index < -0.39 is 0 Å². The number of nitrogens with one attached hydrogen (secondary N) is 1. The average molecular weight is 110 g/mol. The van der Waals surface area contributed by atoms with Crippen LogP contribution >= 0.6 is 0 Å². The van der Waals surface area contributed by atoms with Gasteiger partial charge in [0, 0.05) is 12.4 Å². The summed E-state index contributed by atoms with van der Waals surface area (Å²) < 4.78 is 0. The number of rotatable bonds is 0. The molecule has 0 aliphatic carbocycles. The van der Waals surface area contributed by atoms with E-state index in [1.807, 2.05) is 0 Å². The van der Waals surface area contributed by atoms with Crippen LogP contribution in [0.2, 0.25) is 0 Å². The highest BCUT2D eigenvalue weighted by molar-refractivity contribution is 4.64. The quantitative estimate of drug-likeness (QED) is 0.304. The van der Waals surface area contributed by atoms with Crippen LogP contribution in [0.15, 0.2) is 18.7 Å². The highest BCUT2D eigenvalue weighted by Gasteiger charge is 1.56. The molecular formula is C3H4N5-. The Morgan fingerprint density at radius 1 is 1.50 bits per heavy atom. The summed E-state index contributed by atoms with van der Waals surface area (Å²) in [6.45, 7) is 0. The van der Waals surface area contributed by atoms with E-state index in [1.54, 1.807) is 18.7 Å². The van der Waals surface area contributed by atoms with Crippen molar-refractivity contribution in [1.29, 1.82) is 0 Å². The van der Waals surface area contributed by atoms with Gasteiger partial charge in [0.1, 0.15) is 0 Å². The summed E-state index contributed by atoms with van der Waals surface area (Å²) in [5, 5.41) is 0. The van der Waals surface area contributed by atoms with Gasteiger partial charge in [0.15, 0.2) is 0 Å². The first kappa shape index (κ1) is 6.52. The Hall–Kier alpha value is -1.48. The van der Waals surface area contributed by atoms with Crippen molar-refractivity contribution in [3.8, 4) is 0 Å². The Morgan fingerprint density at radius 3 is 2.25 bits per heavy atom. The van der Waals surface area contributed by atoms with E-state index in [0.717, 1.165) is 0 Å². The largest absolute Gasteiger partial charge is 0.373 e. The lowest BCUT2D eigenvalue weighted by atomic mass is 11.0. The van der Waals surface area contributed by atoms with Crippen LogP contribution < -0.4 is 0 Å². The molecular weight excluding hydrogens is 106 g/mol. The summed E-state index contributed by atoms with van der Waals surface area (Å²) in [6.07, 6.45) is 5.08. The van der Waals surface area contributed by atoms with E-state index >= 15 is 0 Å². The maximum atomic E-state index is 6.75. The minimum absolute atomic E-state index is 1.50. The van der Waals surface area contributed by atoms with Crippen LogP contribution in [-0.2, 0) is 0 Å². The van der Waals surface area contributed by atoms with E-state index in [4.69, 9.17) is 11.1 Å². The summed E-state index contributed by atoms with van der Waals surface area (Å²) in [5.74, 6) is 0. The Kier molecular flexibility index (Phi) is 4.50. The minimum atomic E-state index is 1.50. The van der Waals surface area contributed by atoms with Crippen LogP contribution in [0.4, 0.5) is 0 Å². The Balaban J connectivity index is 0.000000145. The molecule has 0 atom stereocenters. The highest BCUT2D eigenvalue weighted by Crippen LogP contribution is 1.62. The van der Waals surface area contributed by atoms with E-state index in [-0.39, 0.29) is 0 Å². The van der Waals surface area contributed by atoms with Crippen molar-refractivity contribution in [3.05, 3.63) is 34.7 Å². The van der Waals surface area contributed by atoms with Crippen LogP contribution in [0, 0.1) is 0 Å². The fourth-order valence-electron chi connectivity index (χ4n) is 0.215. The first-order valence-electron chi connectivity index (χ1n) is 1.83. The summed E-state index contributed by atoms with van der Waals surface area (Å²) >= 11 is 0. The van der Waals surface area contributed by atoms with Gasteiger partial charge in [-0.25, -0.2) is 4.98 Å². The molecule has 0 fully saturated rings. The van der Waals surface area contributed by atoms with Crippen molar-refractivity contribution in [3.63, 3.8) is 0 Å². The van der Waals surface area contributed by atoms with Gasteiger partial charge in [0.2, 0.25) is 0 Å². The Labute approximate surface area is 45.8 Å². The molecule has 0 aliphatic heterocycles. The van der Waals surface area contributed by atoms with Gasteiger partial charge in [-0.15, -0.1) is 0 Å². The third-order valence-electron chi connectivity index (χ3n) is 0.406. The molecule has 0 unspecified atom stereocenters. The fraction of sp³-hybridized carbons (Fsp3) is 0. The van der Waals surface area contributed by atoms with E-state index in [1.165, 1.54) is 4.91 Å². The van der Waals surface area contributed by atoms with E-state index in [2.05, 4.69) is 9.97 Å². The van der Waals surface area contributed by atoms with Gasteiger partial charge in [-0.05, 0) is 0 Å². The highest BCUT2D eigenvalue weighted by atomic mass is 15.0. The molecule has 8 heavy (non-hydrogen) atoms. The second-order valence-corrected chi connectivity index (χ2v) is 0.850. The van der Waals surface area contributed by atoms with Gasteiger partial charge in [-0.1, -0.05) is 0 Å². The summed E-state index contributed by atoms with van der Waals surface area (Å²) in [4.78, 5) is 7.92. The van der Waals surface area contributed by atoms with Crippen molar-refractivity contribution in [2.75, 3.05) is 0 Å². The van der Waals surface area contributed by atoms with E-state index in [9.17, 15) is 0 Å². The number of aromatic nitrogens is 2. The molecule has 0 saturated carbocycles. The topological polar surface area (TPSA) is 87.4 Å². The van der Waals surface area contributed by atoms with Gasteiger partial charge >= 0.3 is 0 Å². The molecule has 1 heterocycles. The zero-order valence-corrected chi connectivity index (χ0v) is 4.02. The lowest BCUT2D eigenvalue weighted by Gasteiger charge is -1.46. The summed E-state index contributed by atoms with van der Waals surface area (Å²) in [5.41, 5.74) is 13.5. The number of hydrogen-bond acceptors (Lipinski definition) is 1. The predicted molar refractivity (Wildman–Crippen MR) is 28.7 cm³/mol. The van der Waals surface area contributed by atoms with Crippen LogP contribution in [0.5, 0.6) is 0 Å². The lowest BCUT2D eigenvalue weighted by Crippen LogP contribution is -1.44. The number of aromatic amines is 1. The van der Waals surface area contributed by atoms with Crippen LogP contribution in [-0.4, -0.2) is 9.97 Å². The van der Waals surface area contributed by atoms with Crippen LogP contribution in [0.25, 0.3) is 16.0 Å². The Bertz CT molecular complexity index is 119. The molecule has 0 bridgehead atoms. The van der Waals surface area contributed by atoms with Crippen molar-refractivity contribution < 1.29 is 0 Å². The molecule has 1 N–H and O–H groups in total. The molecule has 1 rings (SSSR count). The van der Waals surface area contributed by atoms with Crippen molar-refractivity contribution in [1.82, 2.24) is 9.97 Å². The molecule has 0 radical (unpaired) electrons. The molecule has 1 aromatic heterocycles. The van der Waals surface area contributed by atoms with Crippen molar-refractivity contribution >= 4 is 0 Å². The molecule has 0 aromatic carbocycles. The maximum absolute atomic E-state index is 6.75. The molecule has 0 saturated heterocycles. The zero-order chi connectivity index (χ0) is 6.24. The first-order chi connectivity index (χ1) is 3.91. The van der Waals surface area contributed by atoms with Crippen LogP contribution in [0.3, 0.4) is 0 Å². The standard InChI is InChI=1S/C3H4N2.N3/c1-2-5-3-4-1;1-3-2/h1-3H,(H,4,5);/q;-1. The number of hydrogen-bond donors (Lipinski definition) is 1. The number of nitrogens with zero attached hydrogens (tertiary/aromatic N) is 4. The molecule has 0 aliphatic rings. The number of imidazole rings is 1. The third kappa shape index (κ3) is 4.52.